The van der Waals surface area contributed by atoms with Crippen LogP contribution in [0.15, 0.2) is 18.2 Å². The quantitative estimate of drug-likeness (QED) is 0.620. The lowest BCUT2D eigenvalue weighted by Gasteiger charge is -2.04. The standard InChI is InChI=1S/C12H13BrO2/c1-14-11-7-10(5-3-4-6-13)8-12(9-11)15-2/h7-9H,4,6H2,1-2H3. The van der Waals surface area contributed by atoms with E-state index in [4.69, 9.17) is 9.47 Å². The van der Waals surface area contributed by atoms with Gasteiger partial charge >= 0.3 is 0 Å². The Morgan fingerprint density at radius 3 is 2.20 bits per heavy atom. The summed E-state index contributed by atoms with van der Waals surface area (Å²) < 4.78 is 10.3. The molecule has 0 bridgehead atoms. The first-order valence-electron chi connectivity index (χ1n) is 4.58. The second-order valence-electron chi connectivity index (χ2n) is 2.84. The van der Waals surface area contributed by atoms with Crippen LogP contribution in [0.5, 0.6) is 11.5 Å². The first-order valence-corrected chi connectivity index (χ1v) is 5.70. The van der Waals surface area contributed by atoms with Gasteiger partial charge in [-0.2, -0.15) is 0 Å². The summed E-state index contributed by atoms with van der Waals surface area (Å²) in [6.45, 7) is 0. The molecule has 0 atom stereocenters. The Hall–Kier alpha value is -1.14. The highest BCUT2D eigenvalue weighted by Gasteiger charge is 1.98. The second-order valence-corrected chi connectivity index (χ2v) is 3.64. The summed E-state index contributed by atoms with van der Waals surface area (Å²) in [5.74, 6) is 7.62. The number of benzene rings is 1. The fourth-order valence-electron chi connectivity index (χ4n) is 1.09. The number of hydrogen-bond acceptors (Lipinski definition) is 2. The maximum atomic E-state index is 5.15. The number of halogens is 1. The van der Waals surface area contributed by atoms with Gasteiger partial charge in [-0.1, -0.05) is 27.8 Å². The van der Waals surface area contributed by atoms with E-state index in [-0.39, 0.29) is 0 Å². The highest BCUT2D eigenvalue weighted by atomic mass is 79.9. The number of methoxy groups -OCH3 is 2. The van der Waals surface area contributed by atoms with Crippen LogP contribution in [0.4, 0.5) is 0 Å². The van der Waals surface area contributed by atoms with Crippen molar-refractivity contribution in [3.8, 4) is 23.3 Å². The van der Waals surface area contributed by atoms with Crippen molar-refractivity contribution in [3.05, 3.63) is 23.8 Å². The zero-order valence-corrected chi connectivity index (χ0v) is 10.4. The van der Waals surface area contributed by atoms with Crippen LogP contribution in [0.1, 0.15) is 12.0 Å². The highest BCUT2D eigenvalue weighted by Crippen LogP contribution is 2.21. The molecule has 0 fully saturated rings. The van der Waals surface area contributed by atoms with E-state index in [1.54, 1.807) is 14.2 Å². The van der Waals surface area contributed by atoms with Crippen LogP contribution in [0, 0.1) is 11.8 Å². The molecule has 2 nitrogen and oxygen atoms in total. The van der Waals surface area contributed by atoms with Crippen molar-refractivity contribution < 1.29 is 9.47 Å². The van der Waals surface area contributed by atoms with Crippen molar-refractivity contribution in [1.82, 2.24) is 0 Å². The summed E-state index contributed by atoms with van der Waals surface area (Å²) in [4.78, 5) is 0. The fraction of sp³-hybridized carbons (Fsp3) is 0.333. The van der Waals surface area contributed by atoms with E-state index in [0.717, 1.165) is 28.8 Å². The predicted octanol–water partition coefficient (Wildman–Crippen LogP) is 2.84. The van der Waals surface area contributed by atoms with Crippen LogP contribution >= 0.6 is 15.9 Å². The van der Waals surface area contributed by atoms with Gasteiger partial charge in [0.1, 0.15) is 11.5 Å². The van der Waals surface area contributed by atoms with Gasteiger partial charge in [-0.3, -0.25) is 0 Å². The van der Waals surface area contributed by atoms with Crippen molar-refractivity contribution in [2.45, 2.75) is 6.42 Å². The lowest BCUT2D eigenvalue weighted by molar-refractivity contribution is 0.394. The molecule has 0 radical (unpaired) electrons. The average Bonchev–Trinajstić information content (AvgIpc) is 2.29. The largest absolute Gasteiger partial charge is 0.497 e. The zero-order valence-electron chi connectivity index (χ0n) is 8.84. The zero-order chi connectivity index (χ0) is 11.1. The molecule has 0 unspecified atom stereocenters. The minimum atomic E-state index is 0.762. The van der Waals surface area contributed by atoms with E-state index in [9.17, 15) is 0 Å². The van der Waals surface area contributed by atoms with E-state index in [1.165, 1.54) is 0 Å². The van der Waals surface area contributed by atoms with Gasteiger partial charge in [0.25, 0.3) is 0 Å². The molecule has 3 heteroatoms. The molecule has 80 valence electrons. The molecule has 1 aromatic rings. The molecular formula is C12H13BrO2. The molecule has 0 aliphatic carbocycles. The first kappa shape index (κ1) is 11.9. The summed E-state index contributed by atoms with van der Waals surface area (Å²) in [7, 11) is 3.26. The van der Waals surface area contributed by atoms with E-state index in [1.807, 2.05) is 18.2 Å². The van der Waals surface area contributed by atoms with Gasteiger partial charge in [-0.05, 0) is 12.1 Å². The first-order chi connectivity index (χ1) is 7.30. The normalized spacial score (nSPS) is 9.00. The number of ether oxygens (including phenoxy) is 2. The van der Waals surface area contributed by atoms with Crippen LogP contribution in [0.2, 0.25) is 0 Å². The van der Waals surface area contributed by atoms with Crippen molar-refractivity contribution in [3.63, 3.8) is 0 Å². The third-order valence-electron chi connectivity index (χ3n) is 1.80. The molecule has 1 rings (SSSR count). The van der Waals surface area contributed by atoms with E-state index < -0.39 is 0 Å². The van der Waals surface area contributed by atoms with Gasteiger partial charge in [-0.25, -0.2) is 0 Å². The number of hydrogen-bond donors (Lipinski definition) is 0. The molecule has 0 spiro atoms. The van der Waals surface area contributed by atoms with Gasteiger partial charge in [0.05, 0.1) is 14.2 Å². The van der Waals surface area contributed by atoms with Crippen molar-refractivity contribution in [1.29, 1.82) is 0 Å². The lowest BCUT2D eigenvalue weighted by atomic mass is 10.2. The van der Waals surface area contributed by atoms with Crippen molar-refractivity contribution in [2.75, 3.05) is 19.5 Å². The van der Waals surface area contributed by atoms with Gasteiger partial charge in [0.2, 0.25) is 0 Å². The van der Waals surface area contributed by atoms with Gasteiger partial charge in [-0.15, -0.1) is 0 Å². The Morgan fingerprint density at radius 2 is 1.73 bits per heavy atom. The molecule has 15 heavy (non-hydrogen) atoms. The summed E-state index contributed by atoms with van der Waals surface area (Å²) in [6, 6.07) is 5.61. The topological polar surface area (TPSA) is 18.5 Å². The molecule has 0 aliphatic rings. The third kappa shape index (κ3) is 3.85. The van der Waals surface area contributed by atoms with Crippen molar-refractivity contribution >= 4 is 15.9 Å². The number of alkyl halides is 1. The van der Waals surface area contributed by atoms with Crippen LogP contribution < -0.4 is 9.47 Å². The summed E-state index contributed by atoms with van der Waals surface area (Å²) in [6.07, 6.45) is 0.833. The maximum Gasteiger partial charge on any atom is 0.123 e. The van der Waals surface area contributed by atoms with Crippen molar-refractivity contribution in [2.24, 2.45) is 0 Å². The molecule has 0 heterocycles. The Bertz CT molecular complexity index is 355. The Labute approximate surface area is 98.7 Å². The smallest absolute Gasteiger partial charge is 0.123 e. The van der Waals surface area contributed by atoms with Crippen LogP contribution in [-0.4, -0.2) is 19.5 Å². The van der Waals surface area contributed by atoms with Crippen LogP contribution in [0.3, 0.4) is 0 Å². The maximum absolute atomic E-state index is 5.15. The average molecular weight is 269 g/mol. The Morgan fingerprint density at radius 1 is 1.13 bits per heavy atom. The minimum Gasteiger partial charge on any atom is -0.497 e. The summed E-state index contributed by atoms with van der Waals surface area (Å²) in [5.41, 5.74) is 0.909. The van der Waals surface area contributed by atoms with E-state index in [2.05, 4.69) is 27.8 Å². The molecule has 0 saturated carbocycles. The Kier molecular flexibility index (Phi) is 5.06. The van der Waals surface area contributed by atoms with Crippen LogP contribution in [-0.2, 0) is 0 Å². The minimum absolute atomic E-state index is 0.762. The highest BCUT2D eigenvalue weighted by molar-refractivity contribution is 9.09. The molecule has 0 saturated heterocycles. The van der Waals surface area contributed by atoms with Gasteiger partial charge in [0, 0.05) is 23.4 Å². The molecule has 0 aromatic heterocycles. The van der Waals surface area contributed by atoms with Crippen LogP contribution in [0.25, 0.3) is 0 Å². The molecule has 0 amide bonds. The lowest BCUT2D eigenvalue weighted by Crippen LogP contribution is -1.88. The van der Waals surface area contributed by atoms with E-state index >= 15 is 0 Å². The summed E-state index contributed by atoms with van der Waals surface area (Å²) >= 11 is 3.33. The number of rotatable bonds is 3. The SMILES string of the molecule is COc1cc(C#CCCBr)cc(OC)c1. The predicted molar refractivity (Wildman–Crippen MR) is 64.8 cm³/mol. The third-order valence-corrected chi connectivity index (χ3v) is 2.20. The molecule has 0 aliphatic heterocycles. The second kappa shape index (κ2) is 6.36. The summed E-state index contributed by atoms with van der Waals surface area (Å²) in [5, 5.41) is 0.890. The molecule has 1 aromatic carbocycles. The molecule has 0 N–H and O–H groups in total. The monoisotopic (exact) mass is 268 g/mol. The molecular weight excluding hydrogens is 256 g/mol. The van der Waals surface area contributed by atoms with Gasteiger partial charge < -0.3 is 9.47 Å². The van der Waals surface area contributed by atoms with E-state index in [0.29, 0.717) is 0 Å². The van der Waals surface area contributed by atoms with Gasteiger partial charge in [0.15, 0.2) is 0 Å². The fourth-order valence-corrected chi connectivity index (χ4v) is 1.29. The Balaban J connectivity index is 2.93.